The van der Waals surface area contributed by atoms with Crippen LogP contribution in [0.4, 0.5) is 0 Å². The minimum Gasteiger partial charge on any atom is -0.466 e. The summed E-state index contributed by atoms with van der Waals surface area (Å²) < 4.78 is 7.22. The van der Waals surface area contributed by atoms with Gasteiger partial charge in [-0.1, -0.05) is 5.21 Å². The Morgan fingerprint density at radius 3 is 3.05 bits per heavy atom. The molecule has 7 nitrogen and oxygen atoms in total. The Hall–Kier alpha value is -2.15. The highest BCUT2D eigenvalue weighted by Crippen LogP contribution is 2.21. The van der Waals surface area contributed by atoms with Crippen molar-refractivity contribution in [2.45, 2.75) is 38.8 Å². The van der Waals surface area contributed by atoms with Crippen LogP contribution in [-0.4, -0.2) is 44.0 Å². The van der Waals surface area contributed by atoms with Gasteiger partial charge in [-0.25, -0.2) is 4.68 Å². The molecule has 1 saturated heterocycles. The summed E-state index contributed by atoms with van der Waals surface area (Å²) in [5.41, 5.74) is 0.550. The molecule has 0 aliphatic carbocycles. The van der Waals surface area contributed by atoms with E-state index in [-0.39, 0.29) is 18.6 Å². The number of piperidine rings is 1. The third-order valence-electron chi connectivity index (χ3n) is 3.96. The van der Waals surface area contributed by atoms with Crippen molar-refractivity contribution < 1.29 is 14.3 Å². The van der Waals surface area contributed by atoms with Gasteiger partial charge in [0.25, 0.3) is 0 Å². The minimum absolute atomic E-state index is 0.0709. The molecule has 0 aromatic carbocycles. The number of furan rings is 1. The largest absolute Gasteiger partial charge is 0.466 e. The van der Waals surface area contributed by atoms with Gasteiger partial charge >= 0.3 is 0 Å². The normalized spacial score (nSPS) is 18.6. The van der Waals surface area contributed by atoms with Crippen LogP contribution in [0.1, 0.15) is 36.1 Å². The average Bonchev–Trinajstić information content (AvgIpc) is 3.16. The number of rotatable bonds is 4. The zero-order valence-electron chi connectivity index (χ0n) is 12.6. The van der Waals surface area contributed by atoms with Gasteiger partial charge in [0.05, 0.1) is 25.3 Å². The van der Waals surface area contributed by atoms with Gasteiger partial charge < -0.3 is 14.4 Å². The van der Waals surface area contributed by atoms with Crippen LogP contribution in [0.15, 0.2) is 22.7 Å². The van der Waals surface area contributed by atoms with E-state index < -0.39 is 0 Å². The first-order chi connectivity index (χ1) is 10.7. The number of aliphatic hydroxyl groups excluding tert-OH is 1. The van der Waals surface area contributed by atoms with Gasteiger partial charge in [-0.15, -0.1) is 5.10 Å². The van der Waals surface area contributed by atoms with Crippen molar-refractivity contribution in [3.63, 3.8) is 0 Å². The maximum atomic E-state index is 12.4. The Kier molecular flexibility index (Phi) is 4.24. The van der Waals surface area contributed by atoms with Crippen LogP contribution in [-0.2, 0) is 17.8 Å². The minimum atomic E-state index is -0.118. The summed E-state index contributed by atoms with van der Waals surface area (Å²) >= 11 is 0. The van der Waals surface area contributed by atoms with E-state index in [0.717, 1.165) is 25.1 Å². The summed E-state index contributed by atoms with van der Waals surface area (Å²) in [6, 6.07) is 3.83. The van der Waals surface area contributed by atoms with Crippen LogP contribution in [0.3, 0.4) is 0 Å². The Bertz CT molecular complexity index is 649. The summed E-state index contributed by atoms with van der Waals surface area (Å²) in [5, 5.41) is 17.0. The molecule has 1 unspecified atom stereocenters. The van der Waals surface area contributed by atoms with Gasteiger partial charge in [-0.05, 0) is 31.9 Å². The molecule has 22 heavy (non-hydrogen) atoms. The number of carbonyl (C=O) groups excluding carboxylic acids is 1. The number of aromatic nitrogens is 3. The van der Waals surface area contributed by atoms with Crippen LogP contribution in [0.2, 0.25) is 0 Å². The van der Waals surface area contributed by atoms with Crippen molar-refractivity contribution >= 4 is 5.91 Å². The molecule has 1 atom stereocenters. The Morgan fingerprint density at radius 1 is 1.50 bits per heavy atom. The van der Waals surface area contributed by atoms with E-state index in [4.69, 9.17) is 9.52 Å². The molecule has 0 bridgehead atoms. The Balaban J connectivity index is 1.63. The van der Waals surface area contributed by atoms with E-state index in [2.05, 4.69) is 10.3 Å². The molecule has 0 saturated carbocycles. The van der Waals surface area contributed by atoms with Crippen molar-refractivity contribution in [1.82, 2.24) is 19.9 Å². The van der Waals surface area contributed by atoms with E-state index in [1.807, 2.05) is 24.0 Å². The summed E-state index contributed by atoms with van der Waals surface area (Å²) in [4.78, 5) is 14.2. The van der Waals surface area contributed by atoms with E-state index in [1.165, 1.54) is 0 Å². The summed E-state index contributed by atoms with van der Waals surface area (Å²) in [6.07, 6.45) is 3.92. The number of aliphatic hydroxyl groups is 1. The molecular weight excluding hydrogens is 284 g/mol. The number of aryl methyl sites for hydroxylation is 1. The van der Waals surface area contributed by atoms with Crippen molar-refractivity contribution in [3.8, 4) is 0 Å². The third kappa shape index (κ3) is 3.19. The Morgan fingerprint density at radius 2 is 2.36 bits per heavy atom. The predicted molar refractivity (Wildman–Crippen MR) is 77.9 cm³/mol. The summed E-state index contributed by atoms with van der Waals surface area (Å²) in [7, 11) is 0. The van der Waals surface area contributed by atoms with Crippen LogP contribution >= 0.6 is 0 Å². The standard InChI is InChI=1S/C15H20N4O3/c1-11-4-5-14(22-11)7-15(21)18-6-2-3-13(9-18)19-8-12(10-20)16-17-19/h4-5,8,13,20H,2-3,6-7,9-10H2,1H3. The highest BCUT2D eigenvalue weighted by molar-refractivity contribution is 5.78. The molecule has 1 N–H and O–H groups in total. The van der Waals surface area contributed by atoms with Crippen LogP contribution < -0.4 is 0 Å². The quantitative estimate of drug-likeness (QED) is 0.913. The van der Waals surface area contributed by atoms with Crippen molar-refractivity contribution in [2.24, 2.45) is 0 Å². The van der Waals surface area contributed by atoms with Gasteiger partial charge in [0, 0.05) is 13.1 Å². The first kappa shape index (κ1) is 14.8. The van der Waals surface area contributed by atoms with Crippen LogP contribution in [0, 0.1) is 6.92 Å². The van der Waals surface area contributed by atoms with Gasteiger partial charge in [0.2, 0.25) is 5.91 Å². The molecule has 0 spiro atoms. The number of hydrogen-bond donors (Lipinski definition) is 1. The smallest absolute Gasteiger partial charge is 0.230 e. The van der Waals surface area contributed by atoms with Crippen molar-refractivity contribution in [3.05, 3.63) is 35.5 Å². The average molecular weight is 304 g/mol. The fourth-order valence-electron chi connectivity index (χ4n) is 2.80. The number of likely N-dealkylation sites (tertiary alicyclic amines) is 1. The molecule has 1 amide bonds. The summed E-state index contributed by atoms with van der Waals surface area (Å²) in [5.74, 6) is 1.59. The molecule has 1 aliphatic rings. The van der Waals surface area contributed by atoms with Gasteiger partial charge in [-0.2, -0.15) is 0 Å². The Labute approximate surface area is 128 Å². The molecule has 3 heterocycles. The lowest BCUT2D eigenvalue weighted by Crippen LogP contribution is -2.41. The monoisotopic (exact) mass is 304 g/mol. The molecule has 1 fully saturated rings. The van der Waals surface area contributed by atoms with Crippen molar-refractivity contribution in [2.75, 3.05) is 13.1 Å². The second-order valence-electron chi connectivity index (χ2n) is 5.67. The van der Waals surface area contributed by atoms with Gasteiger partial charge in [0.1, 0.15) is 17.2 Å². The van der Waals surface area contributed by atoms with Gasteiger partial charge in [-0.3, -0.25) is 4.79 Å². The van der Waals surface area contributed by atoms with E-state index in [1.54, 1.807) is 10.9 Å². The van der Waals surface area contributed by atoms with Crippen molar-refractivity contribution in [1.29, 1.82) is 0 Å². The number of carbonyl (C=O) groups is 1. The second kappa shape index (κ2) is 6.31. The van der Waals surface area contributed by atoms with Gasteiger partial charge in [0.15, 0.2) is 0 Å². The lowest BCUT2D eigenvalue weighted by Gasteiger charge is -2.32. The first-order valence-corrected chi connectivity index (χ1v) is 7.50. The predicted octanol–water partition coefficient (Wildman–Crippen LogP) is 1.08. The topological polar surface area (TPSA) is 84.4 Å². The zero-order chi connectivity index (χ0) is 15.5. The lowest BCUT2D eigenvalue weighted by molar-refractivity contribution is -0.132. The molecule has 3 rings (SSSR count). The first-order valence-electron chi connectivity index (χ1n) is 7.50. The number of nitrogens with zero attached hydrogens (tertiary/aromatic N) is 4. The number of hydrogen-bond acceptors (Lipinski definition) is 5. The fourth-order valence-corrected chi connectivity index (χ4v) is 2.80. The SMILES string of the molecule is Cc1ccc(CC(=O)N2CCCC(n3cc(CO)nn3)C2)o1. The van der Waals surface area contributed by atoms with E-state index in [0.29, 0.717) is 24.4 Å². The third-order valence-corrected chi connectivity index (χ3v) is 3.96. The molecule has 2 aromatic heterocycles. The molecular formula is C15H20N4O3. The summed E-state index contributed by atoms with van der Waals surface area (Å²) in [6.45, 7) is 3.13. The maximum absolute atomic E-state index is 12.4. The molecule has 1 aliphatic heterocycles. The second-order valence-corrected chi connectivity index (χ2v) is 5.67. The molecule has 2 aromatic rings. The molecule has 118 valence electrons. The fraction of sp³-hybridized carbons (Fsp3) is 0.533. The lowest BCUT2D eigenvalue weighted by atomic mass is 10.1. The molecule has 0 radical (unpaired) electrons. The van der Waals surface area contributed by atoms with E-state index >= 15 is 0 Å². The highest BCUT2D eigenvalue weighted by atomic mass is 16.3. The molecule has 7 heteroatoms. The van der Waals surface area contributed by atoms with Crippen LogP contribution in [0.5, 0.6) is 0 Å². The van der Waals surface area contributed by atoms with Crippen LogP contribution in [0.25, 0.3) is 0 Å². The number of amides is 1. The maximum Gasteiger partial charge on any atom is 0.230 e. The zero-order valence-corrected chi connectivity index (χ0v) is 12.6. The highest BCUT2D eigenvalue weighted by Gasteiger charge is 2.26. The van der Waals surface area contributed by atoms with E-state index in [9.17, 15) is 4.79 Å².